The zero-order valence-corrected chi connectivity index (χ0v) is 18.3. The van der Waals surface area contributed by atoms with E-state index in [1.807, 2.05) is 66.7 Å². The Hall–Kier alpha value is -4.56. The number of anilines is 3. The monoisotopic (exact) mass is 433 g/mol. The number of hydrogen-bond donors (Lipinski definition) is 1. The van der Waals surface area contributed by atoms with Gasteiger partial charge < -0.3 is 10.0 Å². The van der Waals surface area contributed by atoms with Crippen LogP contribution in [0.4, 0.5) is 17.1 Å². The van der Waals surface area contributed by atoms with Gasteiger partial charge in [-0.15, -0.1) is 0 Å². The first kappa shape index (κ1) is 21.7. The van der Waals surface area contributed by atoms with Crippen molar-refractivity contribution in [2.75, 3.05) is 4.90 Å². The van der Waals surface area contributed by atoms with Crippen molar-refractivity contribution in [2.45, 2.75) is 13.5 Å². The second-order valence-electron chi connectivity index (χ2n) is 7.49. The molecule has 4 rings (SSSR count). The number of nitrogens with zero attached hydrogens (tertiary/aromatic N) is 3. The smallest absolute Gasteiger partial charge is 0.261 e. The molecule has 0 aliphatic carbocycles. The Kier molecular flexibility index (Phi) is 6.10. The van der Waals surface area contributed by atoms with Crippen LogP contribution in [0.15, 0.2) is 89.7 Å². The molecule has 0 bridgehead atoms. The van der Waals surface area contributed by atoms with Gasteiger partial charge >= 0.3 is 0 Å². The summed E-state index contributed by atoms with van der Waals surface area (Å²) >= 11 is 0. The number of hydrogen-bond acceptors (Lipinski definition) is 4. The molecule has 1 aromatic heterocycles. The number of para-hydroxylation sites is 2. The maximum atomic E-state index is 12.9. The molecule has 0 amide bonds. The summed E-state index contributed by atoms with van der Waals surface area (Å²) in [6, 6.07) is 29.9. The minimum absolute atomic E-state index is 0.0126. The van der Waals surface area contributed by atoms with Gasteiger partial charge in [-0.2, -0.15) is 5.26 Å². The van der Waals surface area contributed by atoms with Gasteiger partial charge in [0.1, 0.15) is 11.6 Å². The van der Waals surface area contributed by atoms with E-state index in [1.54, 1.807) is 13.0 Å². The van der Waals surface area contributed by atoms with Crippen molar-refractivity contribution in [3.63, 3.8) is 0 Å². The standard InChI is InChI=1S/C28H23N3O2/c1-3-30-27(32)25(20(2)26(19-29)28(30)33)18-21-14-16-24(17-15-21)31(22-10-6-4-7-11-22)23-12-8-5-9-13-23/h4-18,33H,2-3H2,1H3. The molecule has 0 radical (unpaired) electrons. The van der Waals surface area contributed by atoms with E-state index in [-0.39, 0.29) is 28.8 Å². The Bertz CT molecular complexity index is 1440. The summed E-state index contributed by atoms with van der Waals surface area (Å²) in [7, 11) is 0. The van der Waals surface area contributed by atoms with Crippen molar-refractivity contribution in [1.29, 1.82) is 5.26 Å². The zero-order chi connectivity index (χ0) is 23.4. The maximum Gasteiger partial charge on any atom is 0.261 e. The quantitative estimate of drug-likeness (QED) is 0.513. The van der Waals surface area contributed by atoms with Crippen LogP contribution in [0, 0.1) is 11.3 Å². The fourth-order valence-electron chi connectivity index (χ4n) is 3.82. The predicted molar refractivity (Wildman–Crippen MR) is 132 cm³/mol. The third-order valence-electron chi connectivity index (χ3n) is 5.50. The summed E-state index contributed by atoms with van der Waals surface area (Å²) in [5, 5.41) is 20.2. The molecule has 4 aromatic rings. The first-order valence-electron chi connectivity index (χ1n) is 10.6. The van der Waals surface area contributed by atoms with E-state index < -0.39 is 0 Å². The molecule has 5 heteroatoms. The van der Waals surface area contributed by atoms with Crippen molar-refractivity contribution in [2.24, 2.45) is 0 Å². The lowest BCUT2D eigenvalue weighted by atomic mass is 10.1. The molecule has 0 aliphatic rings. The number of benzene rings is 3. The van der Waals surface area contributed by atoms with Gasteiger partial charge in [-0.1, -0.05) is 55.1 Å². The van der Waals surface area contributed by atoms with Crippen LogP contribution in [0.2, 0.25) is 0 Å². The van der Waals surface area contributed by atoms with Crippen LogP contribution in [-0.2, 0) is 6.54 Å². The van der Waals surface area contributed by atoms with Crippen LogP contribution in [-0.4, -0.2) is 9.67 Å². The van der Waals surface area contributed by atoms with E-state index in [0.29, 0.717) is 5.22 Å². The Morgan fingerprint density at radius 3 is 1.94 bits per heavy atom. The predicted octanol–water partition coefficient (Wildman–Crippen LogP) is 4.15. The molecule has 0 atom stereocenters. The van der Waals surface area contributed by atoms with Gasteiger partial charge in [-0.3, -0.25) is 9.36 Å². The topological polar surface area (TPSA) is 69.3 Å². The lowest BCUT2D eigenvalue weighted by Gasteiger charge is -2.25. The van der Waals surface area contributed by atoms with Crippen LogP contribution < -0.4 is 20.9 Å². The molecule has 0 spiro atoms. The summed E-state index contributed by atoms with van der Waals surface area (Å²) in [6.45, 7) is 5.87. The average Bonchev–Trinajstić information content (AvgIpc) is 2.85. The number of nitriles is 1. The summed E-state index contributed by atoms with van der Waals surface area (Å²) in [5.74, 6) is -0.344. The molecule has 0 fully saturated rings. The highest BCUT2D eigenvalue weighted by molar-refractivity contribution is 5.76. The van der Waals surface area contributed by atoms with Gasteiger partial charge in [0, 0.05) is 34.0 Å². The second-order valence-corrected chi connectivity index (χ2v) is 7.49. The van der Waals surface area contributed by atoms with Crippen LogP contribution in [0.5, 0.6) is 5.88 Å². The van der Waals surface area contributed by atoms with Gasteiger partial charge in [0.05, 0.1) is 0 Å². The highest BCUT2D eigenvalue weighted by atomic mass is 16.3. The second kappa shape index (κ2) is 9.29. The molecule has 1 N–H and O–H groups in total. The van der Waals surface area contributed by atoms with Crippen molar-refractivity contribution in [1.82, 2.24) is 4.57 Å². The van der Waals surface area contributed by atoms with Crippen LogP contribution in [0.25, 0.3) is 12.7 Å². The number of aromatic nitrogens is 1. The van der Waals surface area contributed by atoms with Crippen molar-refractivity contribution >= 4 is 29.7 Å². The van der Waals surface area contributed by atoms with Crippen molar-refractivity contribution in [3.8, 4) is 11.9 Å². The lowest BCUT2D eigenvalue weighted by molar-refractivity contribution is 0.408. The Morgan fingerprint density at radius 1 is 0.939 bits per heavy atom. The Morgan fingerprint density at radius 2 is 1.45 bits per heavy atom. The highest BCUT2D eigenvalue weighted by Crippen LogP contribution is 2.34. The van der Waals surface area contributed by atoms with Gasteiger partial charge in [-0.05, 0) is 55.0 Å². The molecule has 0 unspecified atom stereocenters. The fraction of sp³-hybridized carbons (Fsp3) is 0.0714. The SMILES string of the molecule is C=c1c(C#N)c(O)n(CC)c(=O)c1=Cc1ccc(N(c2ccccc2)c2ccccc2)cc1. The molecule has 0 saturated carbocycles. The minimum atomic E-state index is -0.377. The molecule has 3 aromatic carbocycles. The van der Waals surface area contributed by atoms with E-state index in [1.165, 1.54) is 4.57 Å². The average molecular weight is 434 g/mol. The number of pyridine rings is 1. The van der Waals surface area contributed by atoms with Crippen molar-refractivity contribution < 1.29 is 5.11 Å². The van der Waals surface area contributed by atoms with E-state index >= 15 is 0 Å². The fourth-order valence-corrected chi connectivity index (χ4v) is 3.82. The lowest BCUT2D eigenvalue weighted by Crippen LogP contribution is -2.45. The van der Waals surface area contributed by atoms with Gasteiger partial charge in [0.25, 0.3) is 5.56 Å². The largest absolute Gasteiger partial charge is 0.493 e. The minimum Gasteiger partial charge on any atom is -0.493 e. The van der Waals surface area contributed by atoms with Gasteiger partial charge in [0.2, 0.25) is 5.88 Å². The third-order valence-corrected chi connectivity index (χ3v) is 5.50. The summed E-state index contributed by atoms with van der Waals surface area (Å²) < 4.78 is 1.18. The first-order chi connectivity index (χ1) is 16.0. The van der Waals surface area contributed by atoms with Crippen LogP contribution in [0.3, 0.4) is 0 Å². The third kappa shape index (κ3) is 4.15. The molecular formula is C28H23N3O2. The highest BCUT2D eigenvalue weighted by Gasteiger charge is 2.13. The van der Waals surface area contributed by atoms with E-state index in [4.69, 9.17) is 0 Å². The molecule has 1 heterocycles. The first-order valence-corrected chi connectivity index (χ1v) is 10.6. The summed E-state index contributed by atoms with van der Waals surface area (Å²) in [4.78, 5) is 15.0. The normalized spacial score (nSPS) is 11.2. The van der Waals surface area contributed by atoms with Crippen molar-refractivity contribution in [3.05, 3.63) is 117 Å². The molecule has 0 aliphatic heterocycles. The maximum absolute atomic E-state index is 12.9. The molecular weight excluding hydrogens is 410 g/mol. The number of rotatable bonds is 5. The molecule has 0 saturated heterocycles. The van der Waals surface area contributed by atoms with Gasteiger partial charge in [-0.25, -0.2) is 0 Å². The van der Waals surface area contributed by atoms with Crippen LogP contribution in [0.1, 0.15) is 18.1 Å². The Balaban J connectivity index is 1.83. The molecule has 162 valence electrons. The summed E-state index contributed by atoms with van der Waals surface area (Å²) in [6.07, 6.45) is 1.70. The zero-order valence-electron chi connectivity index (χ0n) is 18.3. The number of aromatic hydroxyl groups is 1. The summed E-state index contributed by atoms with van der Waals surface area (Å²) in [5.41, 5.74) is 3.46. The Labute approximate surface area is 192 Å². The van der Waals surface area contributed by atoms with E-state index in [0.717, 1.165) is 22.6 Å². The molecule has 33 heavy (non-hydrogen) atoms. The van der Waals surface area contributed by atoms with E-state index in [9.17, 15) is 15.2 Å². The van der Waals surface area contributed by atoms with Crippen LogP contribution >= 0.6 is 0 Å². The molecule has 5 nitrogen and oxygen atoms in total. The van der Waals surface area contributed by atoms with Gasteiger partial charge in [0.15, 0.2) is 0 Å². The van der Waals surface area contributed by atoms with E-state index in [2.05, 4.69) is 35.7 Å².